The lowest BCUT2D eigenvalue weighted by Gasteiger charge is -2.32. The van der Waals surface area contributed by atoms with Crippen molar-refractivity contribution in [3.05, 3.63) is 23.5 Å². The van der Waals surface area contributed by atoms with E-state index in [9.17, 15) is 0 Å². The molecule has 1 aromatic heterocycles. The quantitative estimate of drug-likeness (QED) is 0.728. The number of hydrogen-bond acceptors (Lipinski definition) is 2. The zero-order chi connectivity index (χ0) is 13.0. The van der Waals surface area contributed by atoms with Crippen molar-refractivity contribution in [1.82, 2.24) is 4.98 Å². The van der Waals surface area contributed by atoms with Gasteiger partial charge in [0.2, 0.25) is 0 Å². The molecule has 1 aliphatic rings. The van der Waals surface area contributed by atoms with Crippen LogP contribution in [-0.2, 0) is 0 Å². The lowest BCUT2D eigenvalue weighted by Crippen LogP contribution is -2.34. The van der Waals surface area contributed by atoms with Crippen molar-refractivity contribution in [2.75, 3.05) is 11.4 Å². The van der Waals surface area contributed by atoms with Gasteiger partial charge in [0.05, 0.1) is 0 Å². The highest BCUT2D eigenvalue weighted by Crippen LogP contribution is 2.29. The van der Waals surface area contributed by atoms with E-state index in [4.69, 9.17) is 11.6 Å². The minimum atomic E-state index is 0.597. The zero-order valence-corrected chi connectivity index (χ0v) is 12.2. The Morgan fingerprint density at radius 1 is 1.39 bits per heavy atom. The van der Waals surface area contributed by atoms with E-state index in [-0.39, 0.29) is 0 Å². The van der Waals surface area contributed by atoms with Crippen LogP contribution in [0.25, 0.3) is 0 Å². The molecule has 2 nitrogen and oxygen atoms in total. The van der Waals surface area contributed by atoms with Crippen molar-refractivity contribution in [2.45, 2.75) is 52.0 Å². The maximum Gasteiger partial charge on any atom is 0.131 e. The third kappa shape index (κ3) is 3.61. The normalized spacial score (nSPS) is 16.4. The molecule has 0 aliphatic heterocycles. The lowest BCUT2D eigenvalue weighted by molar-refractivity contribution is 0.528. The molecule has 1 fully saturated rings. The summed E-state index contributed by atoms with van der Waals surface area (Å²) in [6.45, 7) is 5.70. The summed E-state index contributed by atoms with van der Waals surface area (Å²) in [6, 6.07) is 4.78. The molecule has 1 heterocycles. The van der Waals surface area contributed by atoms with Crippen molar-refractivity contribution in [3.8, 4) is 0 Å². The topological polar surface area (TPSA) is 16.1 Å². The fraction of sp³-hybridized carbons (Fsp3) is 0.667. The van der Waals surface area contributed by atoms with Crippen LogP contribution in [0.3, 0.4) is 0 Å². The maximum atomic E-state index is 6.02. The predicted octanol–water partition coefficient (Wildman–Crippen LogP) is 4.53. The Balaban J connectivity index is 2.12. The summed E-state index contributed by atoms with van der Waals surface area (Å²) in [7, 11) is 0. The fourth-order valence-electron chi connectivity index (χ4n) is 2.71. The number of nitrogens with zero attached hydrogens (tertiary/aromatic N) is 2. The van der Waals surface area contributed by atoms with Gasteiger partial charge in [0.1, 0.15) is 5.15 Å². The van der Waals surface area contributed by atoms with Gasteiger partial charge in [-0.15, -0.1) is 0 Å². The SMILES string of the molecule is CC(C)CCN(c1ccnc(Cl)c1)C1CCCC1. The van der Waals surface area contributed by atoms with Crippen LogP contribution in [0, 0.1) is 5.92 Å². The summed E-state index contributed by atoms with van der Waals surface area (Å²) in [6.07, 6.45) is 8.41. The van der Waals surface area contributed by atoms with E-state index < -0.39 is 0 Å². The minimum absolute atomic E-state index is 0.597. The van der Waals surface area contributed by atoms with Gasteiger partial charge in [0, 0.05) is 24.5 Å². The molecule has 1 aliphatic carbocycles. The van der Waals surface area contributed by atoms with Crippen LogP contribution in [-0.4, -0.2) is 17.6 Å². The van der Waals surface area contributed by atoms with Crippen LogP contribution in [0.1, 0.15) is 46.0 Å². The summed E-state index contributed by atoms with van der Waals surface area (Å²) < 4.78 is 0. The highest BCUT2D eigenvalue weighted by atomic mass is 35.5. The molecule has 100 valence electrons. The van der Waals surface area contributed by atoms with E-state index >= 15 is 0 Å². The van der Waals surface area contributed by atoms with Crippen molar-refractivity contribution >= 4 is 17.3 Å². The second-order valence-corrected chi connectivity index (χ2v) is 6.04. The van der Waals surface area contributed by atoms with E-state index in [2.05, 4.69) is 29.8 Å². The Labute approximate surface area is 115 Å². The molecule has 18 heavy (non-hydrogen) atoms. The second-order valence-electron chi connectivity index (χ2n) is 5.65. The molecular formula is C15H23ClN2. The van der Waals surface area contributed by atoms with Gasteiger partial charge in [-0.1, -0.05) is 38.3 Å². The summed E-state index contributed by atoms with van der Waals surface area (Å²) in [5, 5.41) is 0.597. The van der Waals surface area contributed by atoms with Crippen molar-refractivity contribution < 1.29 is 0 Å². The molecule has 0 amide bonds. The molecule has 1 aromatic rings. The Kier molecular flexibility index (Phi) is 4.87. The first-order valence-electron chi connectivity index (χ1n) is 7.05. The number of rotatable bonds is 5. The smallest absolute Gasteiger partial charge is 0.131 e. The van der Waals surface area contributed by atoms with E-state index in [1.165, 1.54) is 37.8 Å². The highest BCUT2D eigenvalue weighted by Gasteiger charge is 2.23. The van der Waals surface area contributed by atoms with E-state index in [0.29, 0.717) is 11.2 Å². The summed E-state index contributed by atoms with van der Waals surface area (Å²) in [5.74, 6) is 0.742. The fourth-order valence-corrected chi connectivity index (χ4v) is 2.87. The maximum absolute atomic E-state index is 6.02. The summed E-state index contributed by atoms with van der Waals surface area (Å²) in [4.78, 5) is 6.63. The van der Waals surface area contributed by atoms with Crippen molar-refractivity contribution in [1.29, 1.82) is 0 Å². The molecule has 0 saturated heterocycles. The Bertz CT molecular complexity index is 373. The average molecular weight is 267 g/mol. The van der Waals surface area contributed by atoms with Crippen LogP contribution in [0.15, 0.2) is 18.3 Å². The molecule has 0 bridgehead atoms. The van der Waals surface area contributed by atoms with Gasteiger partial charge in [-0.2, -0.15) is 0 Å². The summed E-state index contributed by atoms with van der Waals surface area (Å²) >= 11 is 6.02. The van der Waals surface area contributed by atoms with E-state index in [0.717, 1.165) is 12.5 Å². The molecule has 0 spiro atoms. The van der Waals surface area contributed by atoms with Crippen LogP contribution < -0.4 is 4.90 Å². The van der Waals surface area contributed by atoms with E-state index in [1.807, 2.05) is 12.3 Å². The first-order valence-corrected chi connectivity index (χ1v) is 7.43. The van der Waals surface area contributed by atoms with Crippen LogP contribution >= 0.6 is 11.6 Å². The third-order valence-electron chi connectivity index (χ3n) is 3.75. The molecular weight excluding hydrogens is 244 g/mol. The standard InChI is InChI=1S/C15H23ClN2/c1-12(2)8-10-18(13-5-3-4-6-13)14-7-9-17-15(16)11-14/h7,9,11-13H,3-6,8,10H2,1-2H3. The first kappa shape index (κ1) is 13.7. The number of aromatic nitrogens is 1. The molecule has 3 heteroatoms. The molecule has 0 N–H and O–H groups in total. The number of hydrogen-bond donors (Lipinski definition) is 0. The van der Waals surface area contributed by atoms with Gasteiger partial charge >= 0.3 is 0 Å². The second kappa shape index (κ2) is 6.42. The molecule has 0 radical (unpaired) electrons. The Morgan fingerprint density at radius 3 is 2.72 bits per heavy atom. The largest absolute Gasteiger partial charge is 0.368 e. The van der Waals surface area contributed by atoms with Crippen molar-refractivity contribution in [2.24, 2.45) is 5.92 Å². The number of pyridine rings is 1. The van der Waals surface area contributed by atoms with Gasteiger partial charge in [0.25, 0.3) is 0 Å². The van der Waals surface area contributed by atoms with Crippen LogP contribution in [0.2, 0.25) is 5.15 Å². The Morgan fingerprint density at radius 2 is 2.11 bits per heavy atom. The molecule has 2 rings (SSSR count). The van der Waals surface area contributed by atoms with Gasteiger partial charge in [-0.05, 0) is 37.3 Å². The van der Waals surface area contributed by atoms with Gasteiger partial charge in [0.15, 0.2) is 0 Å². The number of halogens is 1. The lowest BCUT2D eigenvalue weighted by atomic mass is 10.1. The van der Waals surface area contributed by atoms with Gasteiger partial charge in [-0.3, -0.25) is 0 Å². The molecule has 0 atom stereocenters. The molecule has 0 unspecified atom stereocenters. The number of anilines is 1. The van der Waals surface area contributed by atoms with Crippen LogP contribution in [0.4, 0.5) is 5.69 Å². The average Bonchev–Trinajstić information content (AvgIpc) is 2.83. The zero-order valence-electron chi connectivity index (χ0n) is 11.4. The van der Waals surface area contributed by atoms with Crippen molar-refractivity contribution in [3.63, 3.8) is 0 Å². The van der Waals surface area contributed by atoms with Crippen LogP contribution in [0.5, 0.6) is 0 Å². The molecule has 0 aromatic carbocycles. The van der Waals surface area contributed by atoms with Gasteiger partial charge in [-0.25, -0.2) is 4.98 Å². The molecule has 1 saturated carbocycles. The predicted molar refractivity (Wildman–Crippen MR) is 78.3 cm³/mol. The minimum Gasteiger partial charge on any atom is -0.368 e. The first-order chi connectivity index (χ1) is 8.66. The van der Waals surface area contributed by atoms with Gasteiger partial charge < -0.3 is 4.90 Å². The summed E-state index contributed by atoms with van der Waals surface area (Å²) in [5.41, 5.74) is 1.24. The highest BCUT2D eigenvalue weighted by molar-refractivity contribution is 6.29. The monoisotopic (exact) mass is 266 g/mol. The van der Waals surface area contributed by atoms with E-state index in [1.54, 1.807) is 0 Å². The Hall–Kier alpha value is -0.760. The third-order valence-corrected chi connectivity index (χ3v) is 3.96.